The maximum Gasteiger partial charge on any atom is 0.261 e. The summed E-state index contributed by atoms with van der Waals surface area (Å²) in [5, 5.41) is 5.52. The molecule has 0 aliphatic heterocycles. The molecule has 3 N–H and O–H groups in total. The molecule has 0 bridgehead atoms. The van der Waals surface area contributed by atoms with E-state index in [9.17, 15) is 13.2 Å². The molecule has 0 fully saturated rings. The van der Waals surface area contributed by atoms with Gasteiger partial charge >= 0.3 is 0 Å². The number of rotatable bonds is 11. The highest BCUT2D eigenvalue weighted by atomic mass is 32.2. The predicted molar refractivity (Wildman–Crippen MR) is 142 cm³/mol. The highest BCUT2D eigenvalue weighted by Gasteiger charge is 2.16. The van der Waals surface area contributed by atoms with Gasteiger partial charge in [0.2, 0.25) is 0 Å². The minimum Gasteiger partial charge on any atom is -0.494 e. The van der Waals surface area contributed by atoms with Crippen LogP contribution in [0.2, 0.25) is 0 Å². The van der Waals surface area contributed by atoms with E-state index in [-0.39, 0.29) is 10.0 Å². The van der Waals surface area contributed by atoms with Crippen LogP contribution >= 0.6 is 12.2 Å². The van der Waals surface area contributed by atoms with E-state index < -0.39 is 15.9 Å². The molecule has 3 aromatic carbocycles. The van der Waals surface area contributed by atoms with Crippen molar-refractivity contribution < 1.29 is 27.4 Å². The number of carbonyl (C=O) groups excluding carboxylic acids is 1. The first-order valence-corrected chi connectivity index (χ1v) is 12.9. The lowest BCUT2D eigenvalue weighted by Gasteiger charge is -2.13. The quantitative estimate of drug-likeness (QED) is 0.252. The van der Waals surface area contributed by atoms with E-state index in [1.165, 1.54) is 12.1 Å². The second-order valence-electron chi connectivity index (χ2n) is 7.33. The third-order valence-electron chi connectivity index (χ3n) is 4.74. The van der Waals surface area contributed by atoms with Gasteiger partial charge in [0.1, 0.15) is 18.1 Å². The van der Waals surface area contributed by atoms with Crippen LogP contribution in [0.25, 0.3) is 0 Å². The van der Waals surface area contributed by atoms with Crippen molar-refractivity contribution in [1.82, 2.24) is 5.32 Å². The summed E-state index contributed by atoms with van der Waals surface area (Å²) in [7, 11) is -2.24. The summed E-state index contributed by atoms with van der Waals surface area (Å²) >= 11 is 5.24. The van der Waals surface area contributed by atoms with Crippen LogP contribution in [0, 0.1) is 0 Å². The number of hydrogen-bond donors (Lipinski definition) is 3. The Labute approximate surface area is 215 Å². The summed E-state index contributed by atoms with van der Waals surface area (Å²) in [6.45, 7) is 3.08. The molecule has 3 rings (SSSR count). The zero-order chi connectivity index (χ0) is 26.0. The average Bonchev–Trinajstić information content (AvgIpc) is 2.86. The second-order valence-corrected chi connectivity index (χ2v) is 9.42. The smallest absolute Gasteiger partial charge is 0.261 e. The van der Waals surface area contributed by atoms with Gasteiger partial charge < -0.3 is 19.5 Å². The fourth-order valence-electron chi connectivity index (χ4n) is 3.07. The van der Waals surface area contributed by atoms with Gasteiger partial charge in [-0.1, -0.05) is 12.1 Å². The Morgan fingerprint density at radius 3 is 2.22 bits per heavy atom. The van der Waals surface area contributed by atoms with Crippen molar-refractivity contribution in [3.63, 3.8) is 0 Å². The standard InChI is InChI=1S/C25H27N3O6S2/c1-3-33-20-12-8-19(9-13-20)28-36(30,31)21-14-10-18(11-15-21)26-25(35)27-24(29)22-6-4-5-7-23(22)34-17-16-32-2/h4-15,28H,3,16-17H2,1-2H3,(H2,26,27,29,35). The molecule has 0 aromatic heterocycles. The van der Waals surface area contributed by atoms with E-state index in [4.69, 9.17) is 26.4 Å². The number of para-hydroxylation sites is 1. The monoisotopic (exact) mass is 529 g/mol. The molecule has 190 valence electrons. The number of benzene rings is 3. The van der Waals surface area contributed by atoms with Gasteiger partial charge in [-0.25, -0.2) is 8.42 Å². The second kappa shape index (κ2) is 12.9. The first-order valence-electron chi connectivity index (χ1n) is 11.0. The minimum atomic E-state index is -3.80. The maximum atomic E-state index is 12.7. The van der Waals surface area contributed by atoms with E-state index in [2.05, 4.69) is 15.4 Å². The van der Waals surface area contributed by atoms with Gasteiger partial charge in [-0.05, 0) is 79.8 Å². The predicted octanol–water partition coefficient (Wildman–Crippen LogP) is 4.04. The molecule has 0 saturated carbocycles. The van der Waals surface area contributed by atoms with Crippen LogP contribution < -0.4 is 24.8 Å². The van der Waals surface area contributed by atoms with Gasteiger partial charge in [0.15, 0.2) is 5.11 Å². The van der Waals surface area contributed by atoms with Crippen molar-refractivity contribution in [3.05, 3.63) is 78.4 Å². The van der Waals surface area contributed by atoms with Crippen LogP contribution in [0.4, 0.5) is 11.4 Å². The highest BCUT2D eigenvalue weighted by molar-refractivity contribution is 7.92. The van der Waals surface area contributed by atoms with Crippen molar-refractivity contribution in [2.45, 2.75) is 11.8 Å². The van der Waals surface area contributed by atoms with E-state index >= 15 is 0 Å². The lowest BCUT2D eigenvalue weighted by atomic mass is 10.2. The molecule has 0 aliphatic rings. The molecule has 1 amide bonds. The summed E-state index contributed by atoms with van der Waals surface area (Å²) in [5.41, 5.74) is 1.24. The summed E-state index contributed by atoms with van der Waals surface area (Å²) in [6, 6.07) is 19.4. The number of anilines is 2. The van der Waals surface area contributed by atoms with Gasteiger partial charge in [0.05, 0.1) is 23.7 Å². The van der Waals surface area contributed by atoms with Gasteiger partial charge in [-0.15, -0.1) is 0 Å². The fourth-order valence-corrected chi connectivity index (χ4v) is 4.33. The van der Waals surface area contributed by atoms with Crippen LogP contribution in [0.3, 0.4) is 0 Å². The molecular weight excluding hydrogens is 502 g/mol. The number of carbonyl (C=O) groups is 1. The van der Waals surface area contributed by atoms with Gasteiger partial charge in [0, 0.05) is 18.5 Å². The summed E-state index contributed by atoms with van der Waals surface area (Å²) in [5.74, 6) is 0.616. The number of sulfonamides is 1. The Hall–Kier alpha value is -3.67. The fraction of sp³-hybridized carbons (Fsp3) is 0.200. The summed E-state index contributed by atoms with van der Waals surface area (Å²) in [6.07, 6.45) is 0. The molecule has 0 heterocycles. The molecule has 0 aliphatic carbocycles. The summed E-state index contributed by atoms with van der Waals surface area (Å²) in [4.78, 5) is 12.7. The SMILES string of the molecule is CCOc1ccc(NS(=O)(=O)c2ccc(NC(=S)NC(=O)c3ccccc3OCCOC)cc2)cc1. The lowest BCUT2D eigenvalue weighted by Crippen LogP contribution is -2.34. The molecule has 0 unspecified atom stereocenters. The van der Waals surface area contributed by atoms with E-state index in [1.54, 1.807) is 67.8 Å². The molecule has 3 aromatic rings. The third-order valence-corrected chi connectivity index (χ3v) is 6.35. The molecule has 0 atom stereocenters. The highest BCUT2D eigenvalue weighted by Crippen LogP contribution is 2.21. The van der Waals surface area contributed by atoms with E-state index in [1.807, 2.05) is 6.92 Å². The van der Waals surface area contributed by atoms with Crippen molar-refractivity contribution in [1.29, 1.82) is 0 Å². The Kier molecular flexibility index (Phi) is 9.62. The van der Waals surface area contributed by atoms with Crippen molar-refractivity contribution >= 4 is 44.6 Å². The molecule has 0 radical (unpaired) electrons. The number of thiocarbonyl (C=S) groups is 1. The van der Waals surface area contributed by atoms with Gasteiger partial charge in [0.25, 0.3) is 15.9 Å². The van der Waals surface area contributed by atoms with Crippen LogP contribution in [0.1, 0.15) is 17.3 Å². The van der Waals surface area contributed by atoms with Crippen molar-refractivity contribution in [3.8, 4) is 11.5 Å². The molecule has 0 saturated heterocycles. The van der Waals surface area contributed by atoms with Crippen molar-refractivity contribution in [2.24, 2.45) is 0 Å². The van der Waals surface area contributed by atoms with Gasteiger partial charge in [-0.2, -0.15) is 0 Å². The Morgan fingerprint density at radius 1 is 0.889 bits per heavy atom. The van der Waals surface area contributed by atoms with Crippen molar-refractivity contribution in [2.75, 3.05) is 37.0 Å². The third kappa shape index (κ3) is 7.67. The Balaban J connectivity index is 1.59. The zero-order valence-corrected chi connectivity index (χ0v) is 21.4. The number of nitrogens with one attached hydrogen (secondary N) is 3. The normalized spacial score (nSPS) is 10.8. The topological polar surface area (TPSA) is 115 Å². The maximum absolute atomic E-state index is 12.7. The number of amides is 1. The summed E-state index contributed by atoms with van der Waals surface area (Å²) < 4.78 is 43.9. The largest absolute Gasteiger partial charge is 0.494 e. The molecule has 0 spiro atoms. The first-order chi connectivity index (χ1) is 17.3. The Bertz CT molecular complexity index is 1280. The Morgan fingerprint density at radius 2 is 1.56 bits per heavy atom. The first kappa shape index (κ1) is 26.9. The average molecular weight is 530 g/mol. The minimum absolute atomic E-state index is 0.0508. The van der Waals surface area contributed by atoms with E-state index in [0.717, 1.165) is 0 Å². The molecule has 36 heavy (non-hydrogen) atoms. The number of methoxy groups -OCH3 is 1. The molecule has 9 nitrogen and oxygen atoms in total. The van der Waals surface area contributed by atoms with Crippen LogP contribution in [-0.4, -0.2) is 46.4 Å². The van der Waals surface area contributed by atoms with E-state index in [0.29, 0.717) is 48.3 Å². The molecule has 11 heteroatoms. The van der Waals surface area contributed by atoms with Gasteiger partial charge in [-0.3, -0.25) is 14.8 Å². The number of hydrogen-bond acceptors (Lipinski definition) is 7. The van der Waals surface area contributed by atoms with Crippen LogP contribution in [0.15, 0.2) is 77.7 Å². The lowest BCUT2D eigenvalue weighted by molar-refractivity contribution is 0.0970. The molecular formula is C25H27N3O6S2. The zero-order valence-electron chi connectivity index (χ0n) is 19.8. The van der Waals surface area contributed by atoms with Crippen LogP contribution in [0.5, 0.6) is 11.5 Å². The number of ether oxygens (including phenoxy) is 3. The van der Waals surface area contributed by atoms with Crippen LogP contribution in [-0.2, 0) is 14.8 Å².